The van der Waals surface area contributed by atoms with Crippen LogP contribution in [-0.2, 0) is 9.59 Å². The van der Waals surface area contributed by atoms with Gasteiger partial charge in [0.2, 0.25) is 11.8 Å². The summed E-state index contributed by atoms with van der Waals surface area (Å²) in [4.78, 5) is 23.8. The number of rotatable bonds is 6. The summed E-state index contributed by atoms with van der Waals surface area (Å²) in [7, 11) is 0. The quantitative estimate of drug-likeness (QED) is 0.697. The van der Waals surface area contributed by atoms with Crippen molar-refractivity contribution in [2.75, 3.05) is 6.54 Å². The molecule has 1 fully saturated rings. The molecule has 0 radical (unpaired) electrons. The Hall–Kier alpha value is -0.810. The van der Waals surface area contributed by atoms with Crippen molar-refractivity contribution in [1.82, 2.24) is 10.6 Å². The number of amides is 2. The third-order valence-electron chi connectivity index (χ3n) is 4.24. The molecule has 124 valence electrons. The van der Waals surface area contributed by atoms with E-state index < -0.39 is 5.54 Å². The number of nitrogens with two attached hydrogens (primary N) is 1. The van der Waals surface area contributed by atoms with Gasteiger partial charge >= 0.3 is 0 Å². The molecule has 0 bridgehead atoms. The van der Waals surface area contributed by atoms with Gasteiger partial charge in [0.25, 0.3) is 0 Å². The standard InChI is InChI=1S/C15H29N3O2.ClH/c1-4-11(2)18-13(19)8-10-17-14(20)12-7-5-6-9-15(12,3)16;/h11-12H,4-10,16H2,1-3H3,(H,17,20)(H,18,19);1H. The summed E-state index contributed by atoms with van der Waals surface area (Å²) in [5, 5.41) is 5.73. The largest absolute Gasteiger partial charge is 0.355 e. The molecule has 0 saturated heterocycles. The average molecular weight is 320 g/mol. The molecule has 1 aliphatic carbocycles. The molecule has 3 atom stereocenters. The van der Waals surface area contributed by atoms with Crippen molar-refractivity contribution in [2.45, 2.75) is 70.9 Å². The van der Waals surface area contributed by atoms with E-state index in [9.17, 15) is 9.59 Å². The van der Waals surface area contributed by atoms with E-state index in [1.165, 1.54) is 0 Å². The predicted octanol–water partition coefficient (Wildman–Crippen LogP) is 1.74. The normalized spacial score (nSPS) is 26.4. The van der Waals surface area contributed by atoms with Crippen LogP contribution in [0.25, 0.3) is 0 Å². The Kier molecular flexibility index (Phi) is 8.90. The highest BCUT2D eigenvalue weighted by Gasteiger charge is 2.37. The van der Waals surface area contributed by atoms with E-state index in [0.29, 0.717) is 13.0 Å². The van der Waals surface area contributed by atoms with Crippen molar-refractivity contribution in [1.29, 1.82) is 0 Å². The molecule has 0 aromatic carbocycles. The molecule has 5 nitrogen and oxygen atoms in total. The van der Waals surface area contributed by atoms with Gasteiger partial charge in [-0.1, -0.05) is 19.8 Å². The molecule has 2 amide bonds. The summed E-state index contributed by atoms with van der Waals surface area (Å²) >= 11 is 0. The number of hydrogen-bond donors (Lipinski definition) is 3. The van der Waals surface area contributed by atoms with Gasteiger partial charge in [-0.15, -0.1) is 12.4 Å². The fraction of sp³-hybridized carbons (Fsp3) is 0.867. The molecule has 1 rings (SSSR count). The molecular weight excluding hydrogens is 290 g/mol. The van der Waals surface area contributed by atoms with Crippen LogP contribution in [-0.4, -0.2) is 29.9 Å². The Morgan fingerprint density at radius 2 is 2.05 bits per heavy atom. The highest BCUT2D eigenvalue weighted by atomic mass is 35.5. The van der Waals surface area contributed by atoms with E-state index in [0.717, 1.165) is 32.1 Å². The van der Waals surface area contributed by atoms with Crippen LogP contribution in [0.5, 0.6) is 0 Å². The second kappa shape index (κ2) is 9.26. The highest BCUT2D eigenvalue weighted by molar-refractivity contribution is 5.85. The van der Waals surface area contributed by atoms with Gasteiger partial charge in [-0.2, -0.15) is 0 Å². The third-order valence-corrected chi connectivity index (χ3v) is 4.24. The first-order valence-electron chi connectivity index (χ1n) is 7.72. The molecule has 3 unspecified atom stereocenters. The zero-order chi connectivity index (χ0) is 15.2. The minimum Gasteiger partial charge on any atom is -0.355 e. The fourth-order valence-electron chi connectivity index (χ4n) is 2.66. The predicted molar refractivity (Wildman–Crippen MR) is 87.3 cm³/mol. The van der Waals surface area contributed by atoms with E-state index in [-0.39, 0.29) is 36.2 Å². The lowest BCUT2D eigenvalue weighted by molar-refractivity contribution is -0.128. The number of carbonyl (C=O) groups excluding carboxylic acids is 2. The lowest BCUT2D eigenvalue weighted by Crippen LogP contribution is -2.53. The average Bonchev–Trinajstić information content (AvgIpc) is 2.37. The molecular formula is C15H30ClN3O2. The van der Waals surface area contributed by atoms with Crippen molar-refractivity contribution in [3.8, 4) is 0 Å². The van der Waals surface area contributed by atoms with Crippen molar-refractivity contribution < 1.29 is 9.59 Å². The summed E-state index contributed by atoms with van der Waals surface area (Å²) in [6.45, 7) is 6.33. The molecule has 0 aliphatic heterocycles. The van der Waals surface area contributed by atoms with E-state index in [1.54, 1.807) is 0 Å². The van der Waals surface area contributed by atoms with Gasteiger partial charge in [0.1, 0.15) is 0 Å². The van der Waals surface area contributed by atoms with Gasteiger partial charge in [-0.05, 0) is 33.1 Å². The Labute approximate surface area is 134 Å². The Morgan fingerprint density at radius 1 is 1.38 bits per heavy atom. The van der Waals surface area contributed by atoms with Gasteiger partial charge in [0.15, 0.2) is 0 Å². The second-order valence-electron chi connectivity index (χ2n) is 6.22. The molecule has 0 spiro atoms. The van der Waals surface area contributed by atoms with Crippen LogP contribution in [0.1, 0.15) is 59.3 Å². The van der Waals surface area contributed by atoms with Gasteiger partial charge in [-0.25, -0.2) is 0 Å². The van der Waals surface area contributed by atoms with Gasteiger partial charge in [0, 0.05) is 24.5 Å². The number of halogens is 1. The molecule has 4 N–H and O–H groups in total. The van der Waals surface area contributed by atoms with Crippen molar-refractivity contribution in [3.63, 3.8) is 0 Å². The molecule has 1 aliphatic rings. The maximum Gasteiger partial charge on any atom is 0.224 e. The van der Waals surface area contributed by atoms with Crippen LogP contribution in [0.2, 0.25) is 0 Å². The summed E-state index contributed by atoms with van der Waals surface area (Å²) in [5.41, 5.74) is 5.78. The van der Waals surface area contributed by atoms with E-state index in [1.807, 2.05) is 20.8 Å². The van der Waals surface area contributed by atoms with E-state index in [4.69, 9.17) is 5.73 Å². The Bertz CT molecular complexity index is 348. The monoisotopic (exact) mass is 319 g/mol. The SMILES string of the molecule is CCC(C)NC(=O)CCNC(=O)C1CCCCC1(C)N.Cl. The van der Waals surface area contributed by atoms with Gasteiger partial charge in [0.05, 0.1) is 5.92 Å². The Balaban J connectivity index is 0.00000400. The zero-order valence-electron chi connectivity index (χ0n) is 13.4. The smallest absolute Gasteiger partial charge is 0.224 e. The molecule has 1 saturated carbocycles. The lowest BCUT2D eigenvalue weighted by Gasteiger charge is -2.37. The summed E-state index contributed by atoms with van der Waals surface area (Å²) in [6, 6.07) is 0.184. The topological polar surface area (TPSA) is 84.2 Å². The molecule has 6 heteroatoms. The summed E-state index contributed by atoms with van der Waals surface area (Å²) in [5.74, 6) is -0.154. The van der Waals surface area contributed by atoms with Crippen molar-refractivity contribution in [3.05, 3.63) is 0 Å². The van der Waals surface area contributed by atoms with Crippen LogP contribution in [0.3, 0.4) is 0 Å². The first-order chi connectivity index (χ1) is 9.36. The summed E-state index contributed by atoms with van der Waals surface area (Å²) in [6.07, 6.45) is 5.11. The maximum atomic E-state index is 12.2. The minimum atomic E-state index is -0.415. The molecule has 21 heavy (non-hydrogen) atoms. The van der Waals surface area contributed by atoms with E-state index in [2.05, 4.69) is 10.6 Å². The Morgan fingerprint density at radius 3 is 2.62 bits per heavy atom. The second-order valence-corrected chi connectivity index (χ2v) is 6.22. The summed E-state index contributed by atoms with van der Waals surface area (Å²) < 4.78 is 0. The van der Waals surface area contributed by atoms with Crippen LogP contribution in [0.15, 0.2) is 0 Å². The maximum absolute atomic E-state index is 12.2. The van der Waals surface area contributed by atoms with Crippen LogP contribution in [0, 0.1) is 5.92 Å². The minimum absolute atomic E-state index is 0. The fourth-order valence-corrected chi connectivity index (χ4v) is 2.66. The molecule has 0 heterocycles. The first kappa shape index (κ1) is 20.2. The number of carbonyl (C=O) groups is 2. The molecule has 0 aromatic rings. The number of nitrogens with one attached hydrogen (secondary N) is 2. The van der Waals surface area contributed by atoms with Crippen LogP contribution < -0.4 is 16.4 Å². The van der Waals surface area contributed by atoms with Crippen LogP contribution >= 0.6 is 12.4 Å². The molecule has 0 aromatic heterocycles. The van der Waals surface area contributed by atoms with Crippen molar-refractivity contribution in [2.24, 2.45) is 11.7 Å². The van der Waals surface area contributed by atoms with Gasteiger partial charge < -0.3 is 16.4 Å². The number of hydrogen-bond acceptors (Lipinski definition) is 3. The highest BCUT2D eigenvalue weighted by Crippen LogP contribution is 2.31. The third kappa shape index (κ3) is 6.66. The lowest BCUT2D eigenvalue weighted by atomic mass is 9.74. The van der Waals surface area contributed by atoms with Gasteiger partial charge in [-0.3, -0.25) is 9.59 Å². The zero-order valence-corrected chi connectivity index (χ0v) is 14.2. The first-order valence-corrected chi connectivity index (χ1v) is 7.72. The van der Waals surface area contributed by atoms with E-state index >= 15 is 0 Å². The van der Waals surface area contributed by atoms with Crippen LogP contribution in [0.4, 0.5) is 0 Å². The van der Waals surface area contributed by atoms with Crippen molar-refractivity contribution >= 4 is 24.2 Å².